The Kier molecular flexibility index (Phi) is 6.01. The van der Waals surface area contributed by atoms with Gasteiger partial charge in [0.05, 0.1) is 4.90 Å². The molecule has 0 aromatic carbocycles. The summed E-state index contributed by atoms with van der Waals surface area (Å²) in [7, 11) is -3.28. The summed E-state index contributed by atoms with van der Waals surface area (Å²) in [6.07, 6.45) is 5.33. The zero-order valence-electron chi connectivity index (χ0n) is 12.1. The van der Waals surface area contributed by atoms with E-state index >= 15 is 0 Å². The molecule has 0 bridgehead atoms. The van der Waals surface area contributed by atoms with E-state index in [1.165, 1.54) is 11.3 Å². The van der Waals surface area contributed by atoms with Crippen LogP contribution in [-0.2, 0) is 16.6 Å². The highest BCUT2D eigenvalue weighted by molar-refractivity contribution is 7.89. The molecule has 0 aliphatic carbocycles. The van der Waals surface area contributed by atoms with Crippen LogP contribution in [0.2, 0.25) is 0 Å². The molecule has 0 amide bonds. The molecule has 1 aliphatic rings. The van der Waals surface area contributed by atoms with Crippen LogP contribution in [-0.4, -0.2) is 32.4 Å². The average Bonchev–Trinajstić information content (AvgIpc) is 2.73. The molecule has 1 N–H and O–H groups in total. The molecule has 6 heteroatoms. The average molecular weight is 316 g/mol. The highest BCUT2D eigenvalue weighted by Gasteiger charge is 2.25. The van der Waals surface area contributed by atoms with Gasteiger partial charge in [-0.1, -0.05) is 19.8 Å². The molecule has 0 spiro atoms. The number of sulfonamides is 1. The second kappa shape index (κ2) is 7.54. The Morgan fingerprint density at radius 2 is 1.95 bits per heavy atom. The van der Waals surface area contributed by atoms with Crippen molar-refractivity contribution in [3.05, 3.63) is 16.3 Å². The number of hydrogen-bond donors (Lipinski definition) is 1. The Labute approximate surface area is 126 Å². The van der Waals surface area contributed by atoms with Crippen molar-refractivity contribution in [2.24, 2.45) is 0 Å². The summed E-state index contributed by atoms with van der Waals surface area (Å²) in [5.74, 6) is 0. The Hall–Kier alpha value is -0.430. The fourth-order valence-electron chi connectivity index (χ4n) is 2.41. The van der Waals surface area contributed by atoms with Crippen molar-refractivity contribution in [1.29, 1.82) is 0 Å². The predicted octanol–water partition coefficient (Wildman–Crippen LogP) is 2.81. The van der Waals surface area contributed by atoms with E-state index in [0.717, 1.165) is 50.1 Å². The molecule has 0 saturated carbocycles. The molecular weight excluding hydrogens is 292 g/mol. The maximum Gasteiger partial charge on any atom is 0.243 e. The van der Waals surface area contributed by atoms with Crippen LogP contribution in [0.3, 0.4) is 0 Å². The standard InChI is InChI=1S/C14H24N2O2S2/c1-2-7-15-11-13-10-14(12-19-13)20(17,18)16-8-5-3-4-6-9-16/h10,12,15H,2-9,11H2,1H3. The first-order valence-corrected chi connectivity index (χ1v) is 9.75. The van der Waals surface area contributed by atoms with Crippen molar-refractivity contribution >= 4 is 21.4 Å². The van der Waals surface area contributed by atoms with Crippen LogP contribution in [0.25, 0.3) is 0 Å². The normalized spacial score (nSPS) is 18.1. The van der Waals surface area contributed by atoms with Crippen LogP contribution in [0, 0.1) is 0 Å². The number of thiophene rings is 1. The predicted molar refractivity (Wildman–Crippen MR) is 83.5 cm³/mol. The maximum absolute atomic E-state index is 12.6. The minimum atomic E-state index is -3.28. The molecule has 2 heterocycles. The molecule has 4 nitrogen and oxygen atoms in total. The van der Waals surface area contributed by atoms with Crippen molar-refractivity contribution in [3.63, 3.8) is 0 Å². The first-order chi connectivity index (χ1) is 9.64. The lowest BCUT2D eigenvalue weighted by Gasteiger charge is -2.18. The van der Waals surface area contributed by atoms with E-state index in [1.54, 1.807) is 9.69 Å². The van der Waals surface area contributed by atoms with Gasteiger partial charge in [-0.3, -0.25) is 0 Å². The second-order valence-corrected chi connectivity index (χ2v) is 8.18. The van der Waals surface area contributed by atoms with Gasteiger partial charge in [0, 0.05) is 29.9 Å². The molecule has 20 heavy (non-hydrogen) atoms. The summed E-state index contributed by atoms with van der Waals surface area (Å²) in [6.45, 7) is 5.18. The zero-order chi connectivity index (χ0) is 14.4. The van der Waals surface area contributed by atoms with Crippen LogP contribution < -0.4 is 5.32 Å². The van der Waals surface area contributed by atoms with Gasteiger partial charge in [0.2, 0.25) is 10.0 Å². The largest absolute Gasteiger partial charge is 0.312 e. The minimum absolute atomic E-state index is 0.470. The molecule has 2 rings (SSSR count). The van der Waals surface area contributed by atoms with Gasteiger partial charge in [-0.05, 0) is 31.9 Å². The summed E-state index contributed by atoms with van der Waals surface area (Å²) in [5, 5.41) is 5.09. The number of nitrogens with one attached hydrogen (secondary N) is 1. The smallest absolute Gasteiger partial charge is 0.243 e. The third-order valence-corrected chi connectivity index (χ3v) is 6.52. The van der Waals surface area contributed by atoms with Gasteiger partial charge in [0.1, 0.15) is 0 Å². The maximum atomic E-state index is 12.6. The fraction of sp³-hybridized carbons (Fsp3) is 0.714. The van der Waals surface area contributed by atoms with Crippen LogP contribution >= 0.6 is 11.3 Å². The SMILES string of the molecule is CCCNCc1cc(S(=O)(=O)N2CCCCCC2)cs1. The molecule has 0 atom stereocenters. The molecule has 1 saturated heterocycles. The molecule has 1 aliphatic heterocycles. The first-order valence-electron chi connectivity index (χ1n) is 7.43. The Balaban J connectivity index is 2.05. The third kappa shape index (κ3) is 4.04. The molecule has 0 radical (unpaired) electrons. The fourth-order valence-corrected chi connectivity index (χ4v) is 5.16. The van der Waals surface area contributed by atoms with Gasteiger partial charge >= 0.3 is 0 Å². The summed E-state index contributed by atoms with van der Waals surface area (Å²) >= 11 is 1.53. The number of hydrogen-bond acceptors (Lipinski definition) is 4. The summed E-state index contributed by atoms with van der Waals surface area (Å²) < 4.78 is 26.8. The minimum Gasteiger partial charge on any atom is -0.312 e. The van der Waals surface area contributed by atoms with E-state index in [-0.39, 0.29) is 0 Å². The van der Waals surface area contributed by atoms with Crippen molar-refractivity contribution < 1.29 is 8.42 Å². The molecule has 1 aromatic rings. The van der Waals surface area contributed by atoms with Gasteiger partial charge in [-0.2, -0.15) is 4.31 Å². The summed E-state index contributed by atoms with van der Waals surface area (Å²) in [6, 6.07) is 1.83. The van der Waals surface area contributed by atoms with Crippen molar-refractivity contribution in [1.82, 2.24) is 9.62 Å². The molecule has 114 valence electrons. The van der Waals surface area contributed by atoms with E-state index in [4.69, 9.17) is 0 Å². The van der Waals surface area contributed by atoms with Gasteiger partial charge in [0.25, 0.3) is 0 Å². The zero-order valence-corrected chi connectivity index (χ0v) is 13.7. The van der Waals surface area contributed by atoms with Gasteiger partial charge in [0.15, 0.2) is 0 Å². The van der Waals surface area contributed by atoms with Crippen LogP contribution in [0.15, 0.2) is 16.3 Å². The monoisotopic (exact) mass is 316 g/mol. The third-order valence-electron chi connectivity index (χ3n) is 3.56. The Morgan fingerprint density at radius 1 is 1.25 bits per heavy atom. The molecule has 1 aromatic heterocycles. The quantitative estimate of drug-likeness (QED) is 0.821. The lowest BCUT2D eigenvalue weighted by Crippen LogP contribution is -2.31. The molecule has 1 fully saturated rings. The summed E-state index contributed by atoms with van der Waals surface area (Å²) in [4.78, 5) is 1.56. The number of nitrogens with zero attached hydrogens (tertiary/aromatic N) is 1. The van der Waals surface area contributed by atoms with E-state index in [0.29, 0.717) is 18.0 Å². The van der Waals surface area contributed by atoms with Gasteiger partial charge in [-0.15, -0.1) is 11.3 Å². The van der Waals surface area contributed by atoms with Crippen LogP contribution in [0.1, 0.15) is 43.9 Å². The highest BCUT2D eigenvalue weighted by Crippen LogP contribution is 2.24. The van der Waals surface area contributed by atoms with Crippen LogP contribution in [0.4, 0.5) is 0 Å². The lowest BCUT2D eigenvalue weighted by molar-refractivity contribution is 0.424. The first kappa shape index (κ1) is 15.9. The molecular formula is C14H24N2O2S2. The van der Waals surface area contributed by atoms with Crippen molar-refractivity contribution in [2.75, 3.05) is 19.6 Å². The van der Waals surface area contributed by atoms with Crippen molar-refractivity contribution in [2.45, 2.75) is 50.5 Å². The topological polar surface area (TPSA) is 49.4 Å². The lowest BCUT2D eigenvalue weighted by atomic mass is 10.2. The van der Waals surface area contributed by atoms with Crippen LogP contribution in [0.5, 0.6) is 0 Å². The van der Waals surface area contributed by atoms with E-state index in [2.05, 4.69) is 12.2 Å². The Morgan fingerprint density at radius 3 is 2.60 bits per heavy atom. The van der Waals surface area contributed by atoms with Crippen molar-refractivity contribution in [3.8, 4) is 0 Å². The van der Waals surface area contributed by atoms with E-state index in [9.17, 15) is 8.42 Å². The Bertz CT molecular complexity index is 503. The molecule has 0 unspecified atom stereocenters. The summed E-state index contributed by atoms with van der Waals surface area (Å²) in [5.41, 5.74) is 0. The van der Waals surface area contributed by atoms with Gasteiger partial charge < -0.3 is 5.32 Å². The number of rotatable bonds is 6. The second-order valence-electron chi connectivity index (χ2n) is 5.24. The van der Waals surface area contributed by atoms with Gasteiger partial charge in [-0.25, -0.2) is 8.42 Å². The highest BCUT2D eigenvalue weighted by atomic mass is 32.2. The van der Waals surface area contributed by atoms with E-state index < -0.39 is 10.0 Å². The van der Waals surface area contributed by atoms with E-state index in [1.807, 2.05) is 6.07 Å².